The molecule has 1 N–H and O–H groups in total. The van der Waals surface area contributed by atoms with Crippen LogP contribution >= 0.6 is 0 Å². The molecule has 21 heavy (non-hydrogen) atoms. The average molecular weight is 285 g/mol. The number of amides is 1. The zero-order valence-corrected chi connectivity index (χ0v) is 12.7. The predicted molar refractivity (Wildman–Crippen MR) is 73.4 cm³/mol. The van der Waals surface area contributed by atoms with Crippen LogP contribution in [0.2, 0.25) is 0 Å². The SMILES string of the molecule is CCOc1ccc(C(=O)NCCCCCC(=O)[O-])cc1.[Li+]. The number of rotatable bonds is 9. The van der Waals surface area contributed by atoms with E-state index in [2.05, 4.69) is 5.32 Å². The maximum Gasteiger partial charge on any atom is 1.00 e. The van der Waals surface area contributed by atoms with Gasteiger partial charge in [0.1, 0.15) is 5.75 Å². The first-order valence-electron chi connectivity index (χ1n) is 6.84. The number of benzene rings is 1. The van der Waals surface area contributed by atoms with Crippen molar-refractivity contribution in [1.82, 2.24) is 5.32 Å². The van der Waals surface area contributed by atoms with Gasteiger partial charge in [0.05, 0.1) is 6.61 Å². The first-order valence-corrected chi connectivity index (χ1v) is 6.84. The molecule has 0 unspecified atom stereocenters. The van der Waals surface area contributed by atoms with E-state index in [0.29, 0.717) is 25.1 Å². The van der Waals surface area contributed by atoms with Gasteiger partial charge in [0, 0.05) is 18.1 Å². The molecule has 0 radical (unpaired) electrons. The Labute approximate surface area is 137 Å². The first-order chi connectivity index (χ1) is 9.63. The smallest absolute Gasteiger partial charge is 0.550 e. The van der Waals surface area contributed by atoms with Crippen LogP contribution < -0.4 is 34.0 Å². The van der Waals surface area contributed by atoms with Gasteiger partial charge in [-0.15, -0.1) is 0 Å². The fourth-order valence-electron chi connectivity index (χ4n) is 1.74. The minimum atomic E-state index is -1.02. The van der Waals surface area contributed by atoms with Crippen molar-refractivity contribution in [3.63, 3.8) is 0 Å². The molecule has 6 heteroatoms. The van der Waals surface area contributed by atoms with Crippen molar-refractivity contribution in [2.24, 2.45) is 0 Å². The number of unbranched alkanes of at least 4 members (excludes halogenated alkanes) is 2. The second-order valence-corrected chi connectivity index (χ2v) is 4.40. The summed E-state index contributed by atoms with van der Waals surface area (Å²) in [5, 5.41) is 13.0. The van der Waals surface area contributed by atoms with Crippen LogP contribution in [0.5, 0.6) is 5.75 Å². The Morgan fingerprint density at radius 1 is 1.14 bits per heavy atom. The predicted octanol–water partition coefficient (Wildman–Crippen LogP) is -1.87. The summed E-state index contributed by atoms with van der Waals surface area (Å²) in [6.45, 7) is 3.04. The summed E-state index contributed by atoms with van der Waals surface area (Å²) >= 11 is 0. The molecule has 0 heterocycles. The van der Waals surface area contributed by atoms with Gasteiger partial charge in [-0.25, -0.2) is 0 Å². The molecular formula is C15H20LiNO4. The molecule has 0 fully saturated rings. The molecule has 0 spiro atoms. The zero-order chi connectivity index (χ0) is 14.8. The van der Waals surface area contributed by atoms with Crippen LogP contribution in [0.4, 0.5) is 0 Å². The van der Waals surface area contributed by atoms with Crippen LogP contribution in [-0.2, 0) is 4.79 Å². The molecule has 0 aliphatic heterocycles. The zero-order valence-electron chi connectivity index (χ0n) is 12.7. The monoisotopic (exact) mass is 285 g/mol. The molecule has 110 valence electrons. The third-order valence-corrected chi connectivity index (χ3v) is 2.77. The van der Waals surface area contributed by atoms with Gasteiger partial charge in [0.2, 0.25) is 0 Å². The molecule has 1 aromatic rings. The number of aliphatic carboxylic acids is 1. The van der Waals surface area contributed by atoms with Crippen molar-refractivity contribution in [3.8, 4) is 5.75 Å². The molecule has 0 aliphatic rings. The van der Waals surface area contributed by atoms with Crippen molar-refractivity contribution in [2.75, 3.05) is 13.2 Å². The van der Waals surface area contributed by atoms with Crippen molar-refractivity contribution in [3.05, 3.63) is 29.8 Å². The summed E-state index contributed by atoms with van der Waals surface area (Å²) in [7, 11) is 0. The van der Waals surface area contributed by atoms with Gasteiger partial charge in [0.15, 0.2) is 0 Å². The van der Waals surface area contributed by atoms with Gasteiger partial charge >= 0.3 is 18.9 Å². The van der Waals surface area contributed by atoms with Crippen molar-refractivity contribution < 1.29 is 38.3 Å². The molecule has 0 atom stereocenters. The van der Waals surface area contributed by atoms with Crippen LogP contribution in [0.3, 0.4) is 0 Å². The van der Waals surface area contributed by atoms with Gasteiger partial charge < -0.3 is 20.0 Å². The molecule has 0 bridgehead atoms. The van der Waals surface area contributed by atoms with Crippen molar-refractivity contribution >= 4 is 11.9 Å². The normalized spacial score (nSPS) is 9.57. The Hall–Kier alpha value is -1.44. The molecule has 0 saturated heterocycles. The van der Waals surface area contributed by atoms with Crippen molar-refractivity contribution in [1.29, 1.82) is 0 Å². The topological polar surface area (TPSA) is 78.5 Å². The Morgan fingerprint density at radius 3 is 2.38 bits per heavy atom. The van der Waals surface area contributed by atoms with Gasteiger partial charge in [-0.05, 0) is 50.5 Å². The third kappa shape index (κ3) is 8.44. The van der Waals surface area contributed by atoms with E-state index in [1.807, 2.05) is 6.92 Å². The number of nitrogens with one attached hydrogen (secondary N) is 1. The van der Waals surface area contributed by atoms with E-state index in [-0.39, 0.29) is 31.2 Å². The second-order valence-electron chi connectivity index (χ2n) is 4.40. The summed E-state index contributed by atoms with van der Waals surface area (Å²) in [5.41, 5.74) is 0.586. The quantitative estimate of drug-likeness (QED) is 0.426. The van der Waals surface area contributed by atoms with E-state index in [1.54, 1.807) is 24.3 Å². The van der Waals surface area contributed by atoms with Crippen LogP contribution in [0, 0.1) is 0 Å². The van der Waals surface area contributed by atoms with E-state index in [1.165, 1.54) is 0 Å². The number of carbonyl (C=O) groups excluding carboxylic acids is 2. The summed E-state index contributed by atoms with van der Waals surface area (Å²) in [5.74, 6) is -0.414. The van der Waals surface area contributed by atoms with Crippen LogP contribution in [-0.4, -0.2) is 25.0 Å². The number of hydrogen-bond acceptors (Lipinski definition) is 4. The number of carboxylic acids is 1. The fourth-order valence-corrected chi connectivity index (χ4v) is 1.74. The Balaban J connectivity index is 0.00000400. The minimum absolute atomic E-state index is 0. The molecule has 1 aromatic carbocycles. The summed E-state index contributed by atoms with van der Waals surface area (Å²) in [6, 6.07) is 6.96. The Morgan fingerprint density at radius 2 is 1.81 bits per heavy atom. The maximum absolute atomic E-state index is 11.8. The minimum Gasteiger partial charge on any atom is -0.550 e. The van der Waals surface area contributed by atoms with Gasteiger partial charge in [-0.1, -0.05) is 6.42 Å². The van der Waals surface area contributed by atoms with Crippen LogP contribution in [0.1, 0.15) is 43.0 Å². The summed E-state index contributed by atoms with van der Waals surface area (Å²) in [6.07, 6.45) is 2.18. The summed E-state index contributed by atoms with van der Waals surface area (Å²) < 4.78 is 5.30. The van der Waals surface area contributed by atoms with E-state index in [9.17, 15) is 14.7 Å². The van der Waals surface area contributed by atoms with E-state index < -0.39 is 5.97 Å². The largest absolute Gasteiger partial charge is 1.00 e. The molecule has 0 aliphatic carbocycles. The van der Waals surface area contributed by atoms with E-state index in [0.717, 1.165) is 18.6 Å². The molecule has 1 amide bonds. The van der Waals surface area contributed by atoms with Gasteiger partial charge in [-0.2, -0.15) is 0 Å². The standard InChI is InChI=1S/C15H21NO4.Li/c1-2-20-13-9-7-12(8-10-13)15(19)16-11-5-3-4-6-14(17)18;/h7-10H,2-6,11H2,1H3,(H,16,19)(H,17,18);/q;+1/p-1. The van der Waals surface area contributed by atoms with E-state index >= 15 is 0 Å². The fraction of sp³-hybridized carbons (Fsp3) is 0.467. The second kappa shape index (κ2) is 11.2. The molecule has 5 nitrogen and oxygen atoms in total. The average Bonchev–Trinajstić information content (AvgIpc) is 2.43. The molecule has 1 rings (SSSR count). The Kier molecular flexibility index (Phi) is 10.5. The maximum atomic E-state index is 11.8. The number of carbonyl (C=O) groups is 2. The number of hydrogen-bond donors (Lipinski definition) is 1. The molecular weight excluding hydrogens is 265 g/mol. The van der Waals surface area contributed by atoms with E-state index in [4.69, 9.17) is 4.74 Å². The number of carboxylic acid groups (broad SMARTS) is 1. The molecule has 0 aromatic heterocycles. The van der Waals surface area contributed by atoms with Crippen LogP contribution in [0.15, 0.2) is 24.3 Å². The van der Waals surface area contributed by atoms with Gasteiger partial charge in [0.25, 0.3) is 5.91 Å². The molecule has 0 saturated carbocycles. The first kappa shape index (κ1) is 19.6. The number of ether oxygens (including phenoxy) is 1. The van der Waals surface area contributed by atoms with Crippen LogP contribution in [0.25, 0.3) is 0 Å². The van der Waals surface area contributed by atoms with Crippen molar-refractivity contribution in [2.45, 2.75) is 32.6 Å². The summed E-state index contributed by atoms with van der Waals surface area (Å²) in [4.78, 5) is 22.0. The third-order valence-electron chi connectivity index (χ3n) is 2.77. The van der Waals surface area contributed by atoms with Gasteiger partial charge in [-0.3, -0.25) is 4.79 Å². The Bertz CT molecular complexity index is 434.